The lowest BCUT2D eigenvalue weighted by molar-refractivity contribution is -0.384. The van der Waals surface area contributed by atoms with Crippen LogP contribution in [0.25, 0.3) is 0 Å². The summed E-state index contributed by atoms with van der Waals surface area (Å²) in [6, 6.07) is 5.97. The number of benzene rings is 2. The quantitative estimate of drug-likeness (QED) is 0.532. The molecule has 0 saturated carbocycles. The molecule has 0 aromatic heterocycles. The van der Waals surface area contributed by atoms with Gasteiger partial charge in [-0.2, -0.15) is 5.26 Å². The summed E-state index contributed by atoms with van der Waals surface area (Å²) in [6.07, 6.45) is 0. The number of anilines is 2. The Balaban J connectivity index is 2.45. The number of halogens is 3. The third-order valence-electron chi connectivity index (χ3n) is 2.60. The Morgan fingerprint density at radius 3 is 2.48 bits per heavy atom. The maximum atomic E-state index is 13.5. The number of non-ortho nitro benzene ring substituents is 1. The molecule has 0 atom stereocenters. The van der Waals surface area contributed by atoms with Gasteiger partial charge in [-0.1, -0.05) is 0 Å². The van der Waals surface area contributed by atoms with Gasteiger partial charge in [0, 0.05) is 24.3 Å². The zero-order chi connectivity index (χ0) is 15.6. The van der Waals surface area contributed by atoms with Crippen LogP contribution >= 0.6 is 0 Å². The molecule has 2 aromatic carbocycles. The average molecular weight is 293 g/mol. The fourth-order valence-electron chi connectivity index (χ4n) is 1.64. The van der Waals surface area contributed by atoms with Gasteiger partial charge in [0.2, 0.25) is 0 Å². The fourth-order valence-corrected chi connectivity index (χ4v) is 1.64. The van der Waals surface area contributed by atoms with Crippen molar-refractivity contribution in [1.29, 1.82) is 5.26 Å². The van der Waals surface area contributed by atoms with Gasteiger partial charge in [-0.05, 0) is 6.07 Å². The minimum absolute atomic E-state index is 0.00741. The second-order valence-electron chi connectivity index (χ2n) is 3.97. The lowest BCUT2D eigenvalue weighted by Gasteiger charge is -2.09. The summed E-state index contributed by atoms with van der Waals surface area (Å²) >= 11 is 0. The van der Waals surface area contributed by atoms with E-state index in [0.717, 1.165) is 18.2 Å². The molecular formula is C13H6F3N3O2. The largest absolute Gasteiger partial charge is 0.352 e. The molecule has 106 valence electrons. The second kappa shape index (κ2) is 5.50. The van der Waals surface area contributed by atoms with Crippen LogP contribution in [0.3, 0.4) is 0 Å². The van der Waals surface area contributed by atoms with Gasteiger partial charge in [0.15, 0.2) is 11.6 Å². The van der Waals surface area contributed by atoms with E-state index in [1.165, 1.54) is 0 Å². The number of nitrogens with zero attached hydrogens (tertiary/aromatic N) is 2. The van der Waals surface area contributed by atoms with Crippen LogP contribution in [0, 0.1) is 38.9 Å². The third-order valence-corrected chi connectivity index (χ3v) is 2.60. The van der Waals surface area contributed by atoms with Crippen molar-refractivity contribution in [1.82, 2.24) is 0 Å². The lowest BCUT2D eigenvalue weighted by atomic mass is 10.1. The molecule has 0 aliphatic heterocycles. The van der Waals surface area contributed by atoms with Crippen LogP contribution in [0.1, 0.15) is 5.56 Å². The Kier molecular flexibility index (Phi) is 3.75. The van der Waals surface area contributed by atoms with Crippen LogP contribution in [0.4, 0.5) is 30.2 Å². The first kappa shape index (κ1) is 14.3. The van der Waals surface area contributed by atoms with Crippen LogP contribution in [0.15, 0.2) is 30.3 Å². The van der Waals surface area contributed by atoms with E-state index in [1.807, 2.05) is 0 Å². The van der Waals surface area contributed by atoms with Gasteiger partial charge < -0.3 is 5.32 Å². The summed E-state index contributed by atoms with van der Waals surface area (Å²) in [5, 5.41) is 21.9. The zero-order valence-electron chi connectivity index (χ0n) is 10.2. The minimum atomic E-state index is -1.39. The minimum Gasteiger partial charge on any atom is -0.352 e. The Bertz CT molecular complexity index is 772. The Hall–Kier alpha value is -3.08. The molecule has 0 heterocycles. The Morgan fingerprint density at radius 1 is 1.14 bits per heavy atom. The first-order valence-electron chi connectivity index (χ1n) is 5.52. The normalized spacial score (nSPS) is 10.0. The summed E-state index contributed by atoms with van der Waals surface area (Å²) < 4.78 is 39.7. The van der Waals surface area contributed by atoms with Crippen molar-refractivity contribution in [2.75, 3.05) is 5.32 Å². The summed E-state index contributed by atoms with van der Waals surface area (Å²) in [5.41, 5.74) is -1.01. The van der Waals surface area contributed by atoms with Crippen molar-refractivity contribution >= 4 is 17.1 Å². The first-order chi connectivity index (χ1) is 9.92. The second-order valence-corrected chi connectivity index (χ2v) is 3.97. The predicted molar refractivity (Wildman–Crippen MR) is 67.4 cm³/mol. The molecule has 0 spiro atoms. The van der Waals surface area contributed by atoms with Crippen LogP contribution in [-0.4, -0.2) is 4.92 Å². The molecule has 5 nitrogen and oxygen atoms in total. The van der Waals surface area contributed by atoms with E-state index in [2.05, 4.69) is 5.32 Å². The zero-order valence-corrected chi connectivity index (χ0v) is 10.2. The van der Waals surface area contributed by atoms with Crippen LogP contribution in [0.2, 0.25) is 0 Å². The number of nitro groups is 1. The fraction of sp³-hybridized carbons (Fsp3) is 0. The van der Waals surface area contributed by atoms with Crippen LogP contribution in [-0.2, 0) is 0 Å². The monoisotopic (exact) mass is 293 g/mol. The van der Waals surface area contributed by atoms with Gasteiger partial charge >= 0.3 is 0 Å². The highest BCUT2D eigenvalue weighted by atomic mass is 19.2. The van der Waals surface area contributed by atoms with E-state index < -0.39 is 28.1 Å². The summed E-state index contributed by atoms with van der Waals surface area (Å²) in [7, 11) is 0. The summed E-state index contributed by atoms with van der Waals surface area (Å²) in [6.45, 7) is 0. The maximum absolute atomic E-state index is 13.5. The topological polar surface area (TPSA) is 79.0 Å². The van der Waals surface area contributed by atoms with E-state index in [-0.39, 0.29) is 16.9 Å². The highest BCUT2D eigenvalue weighted by Crippen LogP contribution is 2.27. The van der Waals surface area contributed by atoms with Crippen molar-refractivity contribution in [2.45, 2.75) is 0 Å². The molecule has 0 radical (unpaired) electrons. The molecule has 1 N–H and O–H groups in total. The molecule has 21 heavy (non-hydrogen) atoms. The van der Waals surface area contributed by atoms with Crippen molar-refractivity contribution in [3.8, 4) is 6.07 Å². The average Bonchev–Trinajstić information content (AvgIpc) is 2.44. The molecule has 0 unspecified atom stereocenters. The van der Waals surface area contributed by atoms with Gasteiger partial charge in [-0.25, -0.2) is 13.2 Å². The van der Waals surface area contributed by atoms with Gasteiger partial charge in [-0.3, -0.25) is 10.1 Å². The van der Waals surface area contributed by atoms with E-state index in [0.29, 0.717) is 12.1 Å². The van der Waals surface area contributed by atoms with Crippen LogP contribution < -0.4 is 5.32 Å². The van der Waals surface area contributed by atoms with E-state index >= 15 is 0 Å². The standard InChI is InChI=1S/C13H6F3N3O2/c14-8-4-10(15)13(16)12(5-8)18-11-2-1-9(19(20)21)3-7(11)6-17/h1-5,18H. The van der Waals surface area contributed by atoms with E-state index in [1.54, 1.807) is 6.07 Å². The first-order valence-corrected chi connectivity index (χ1v) is 5.52. The Morgan fingerprint density at radius 2 is 1.86 bits per heavy atom. The van der Waals surface area contributed by atoms with Crippen molar-refractivity contribution < 1.29 is 18.1 Å². The summed E-state index contributed by atoms with van der Waals surface area (Å²) in [5.74, 6) is -3.71. The van der Waals surface area contributed by atoms with Gasteiger partial charge in [0.25, 0.3) is 5.69 Å². The number of nitrogens with one attached hydrogen (secondary N) is 1. The van der Waals surface area contributed by atoms with E-state index in [9.17, 15) is 23.3 Å². The smallest absolute Gasteiger partial charge is 0.270 e. The van der Waals surface area contributed by atoms with Crippen LogP contribution in [0.5, 0.6) is 0 Å². The van der Waals surface area contributed by atoms with Crippen molar-refractivity contribution in [2.24, 2.45) is 0 Å². The van der Waals surface area contributed by atoms with Gasteiger partial charge in [0.1, 0.15) is 11.9 Å². The molecule has 0 aliphatic rings. The number of hydrogen-bond donors (Lipinski definition) is 1. The van der Waals surface area contributed by atoms with Crippen molar-refractivity contribution in [3.63, 3.8) is 0 Å². The molecule has 2 aromatic rings. The third kappa shape index (κ3) is 2.92. The maximum Gasteiger partial charge on any atom is 0.270 e. The number of hydrogen-bond acceptors (Lipinski definition) is 4. The summed E-state index contributed by atoms with van der Waals surface area (Å²) in [4.78, 5) is 9.90. The SMILES string of the molecule is N#Cc1cc([N+](=O)[O-])ccc1Nc1cc(F)cc(F)c1F. The van der Waals surface area contributed by atoms with E-state index in [4.69, 9.17) is 5.26 Å². The molecule has 8 heteroatoms. The molecule has 2 rings (SSSR count). The predicted octanol–water partition coefficient (Wildman–Crippen LogP) is 3.63. The number of nitro benzene ring substituents is 1. The molecule has 0 aliphatic carbocycles. The Labute approximate surface area is 116 Å². The lowest BCUT2D eigenvalue weighted by Crippen LogP contribution is -2.00. The molecule has 0 bridgehead atoms. The van der Waals surface area contributed by atoms with Gasteiger partial charge in [0.05, 0.1) is 21.9 Å². The number of rotatable bonds is 3. The highest BCUT2D eigenvalue weighted by molar-refractivity contribution is 5.68. The molecular weight excluding hydrogens is 287 g/mol. The molecule has 0 amide bonds. The number of nitriles is 1. The van der Waals surface area contributed by atoms with Crippen molar-refractivity contribution in [3.05, 3.63) is 63.5 Å². The highest BCUT2D eigenvalue weighted by Gasteiger charge is 2.15. The van der Waals surface area contributed by atoms with Gasteiger partial charge in [-0.15, -0.1) is 0 Å². The molecule has 0 saturated heterocycles. The molecule has 0 fully saturated rings.